The van der Waals surface area contributed by atoms with Crippen molar-refractivity contribution in [1.29, 1.82) is 0 Å². The summed E-state index contributed by atoms with van der Waals surface area (Å²) in [5, 5.41) is 3.13. The third kappa shape index (κ3) is 5.91. The van der Waals surface area contributed by atoms with Gasteiger partial charge in [0.05, 0.1) is 25.0 Å². The van der Waals surface area contributed by atoms with Crippen LogP contribution in [0.15, 0.2) is 60.8 Å². The van der Waals surface area contributed by atoms with Crippen molar-refractivity contribution < 1.29 is 18.7 Å². The first-order valence-electron chi connectivity index (χ1n) is 11.6. The quantitative estimate of drug-likeness (QED) is 0.525. The number of ether oxygens (including phenoxy) is 2. The number of nitrogens with one attached hydrogen (secondary N) is 1. The lowest BCUT2D eigenvalue weighted by Crippen LogP contribution is -2.44. The number of aromatic nitrogens is 1. The van der Waals surface area contributed by atoms with Gasteiger partial charge in [-0.05, 0) is 61.7 Å². The first-order valence-corrected chi connectivity index (χ1v) is 11.6. The topological polar surface area (TPSA) is 63.7 Å². The molecule has 7 heteroatoms. The van der Waals surface area contributed by atoms with Crippen LogP contribution in [0.25, 0.3) is 11.3 Å². The Balaban J connectivity index is 1.28. The number of rotatable bonds is 8. The van der Waals surface area contributed by atoms with E-state index in [9.17, 15) is 9.18 Å². The Morgan fingerprint density at radius 3 is 2.62 bits per heavy atom. The van der Waals surface area contributed by atoms with Crippen LogP contribution in [0.5, 0.6) is 11.5 Å². The molecule has 3 aromatic rings. The maximum Gasteiger partial charge on any atom is 0.253 e. The molecule has 6 nitrogen and oxygen atoms in total. The van der Waals surface area contributed by atoms with Gasteiger partial charge in [0.25, 0.3) is 5.91 Å². The van der Waals surface area contributed by atoms with Crippen molar-refractivity contribution in [2.45, 2.75) is 32.4 Å². The van der Waals surface area contributed by atoms with E-state index in [0.29, 0.717) is 23.4 Å². The number of piperidine rings is 1. The van der Waals surface area contributed by atoms with E-state index in [1.54, 1.807) is 37.6 Å². The second kappa shape index (κ2) is 11.1. The van der Waals surface area contributed by atoms with Gasteiger partial charge in [-0.1, -0.05) is 18.2 Å². The van der Waals surface area contributed by atoms with E-state index in [1.807, 2.05) is 19.1 Å². The second-order valence-electron chi connectivity index (χ2n) is 8.38. The van der Waals surface area contributed by atoms with Crippen LogP contribution < -0.4 is 14.8 Å². The molecule has 178 valence electrons. The third-order valence-electron chi connectivity index (χ3n) is 6.00. The Morgan fingerprint density at radius 2 is 1.94 bits per heavy atom. The monoisotopic (exact) mass is 463 g/mol. The van der Waals surface area contributed by atoms with Gasteiger partial charge in [-0.2, -0.15) is 0 Å². The SMILES string of the molecule is CCOc1cc(CN2CCC(NC(=O)c3ccc(-c4cccc(F)c4)nc3)CC2)ccc1OC. The summed E-state index contributed by atoms with van der Waals surface area (Å²) >= 11 is 0. The van der Waals surface area contributed by atoms with E-state index in [0.717, 1.165) is 44.0 Å². The summed E-state index contributed by atoms with van der Waals surface area (Å²) in [6.07, 6.45) is 3.31. The molecule has 34 heavy (non-hydrogen) atoms. The number of nitrogens with zero attached hydrogens (tertiary/aromatic N) is 2. The number of pyridine rings is 1. The van der Waals surface area contributed by atoms with Crippen molar-refractivity contribution in [1.82, 2.24) is 15.2 Å². The summed E-state index contributed by atoms with van der Waals surface area (Å²) in [4.78, 5) is 19.4. The smallest absolute Gasteiger partial charge is 0.253 e. The van der Waals surface area contributed by atoms with Crippen LogP contribution in [0.4, 0.5) is 4.39 Å². The van der Waals surface area contributed by atoms with E-state index >= 15 is 0 Å². The van der Waals surface area contributed by atoms with Crippen molar-refractivity contribution in [2.75, 3.05) is 26.8 Å². The average molecular weight is 464 g/mol. The minimum absolute atomic E-state index is 0.126. The molecule has 0 saturated carbocycles. The molecule has 0 unspecified atom stereocenters. The molecule has 4 rings (SSSR count). The molecule has 0 bridgehead atoms. The molecule has 0 atom stereocenters. The molecule has 1 aliphatic heterocycles. The van der Waals surface area contributed by atoms with Crippen molar-refractivity contribution in [3.63, 3.8) is 0 Å². The van der Waals surface area contributed by atoms with Gasteiger partial charge in [-0.25, -0.2) is 4.39 Å². The van der Waals surface area contributed by atoms with Gasteiger partial charge in [-0.3, -0.25) is 14.7 Å². The lowest BCUT2D eigenvalue weighted by Gasteiger charge is -2.32. The van der Waals surface area contributed by atoms with Crippen LogP contribution in [0.1, 0.15) is 35.7 Å². The fourth-order valence-electron chi connectivity index (χ4n) is 4.20. The number of methoxy groups -OCH3 is 1. The first-order chi connectivity index (χ1) is 16.6. The zero-order valence-electron chi connectivity index (χ0n) is 19.6. The molecule has 1 amide bonds. The lowest BCUT2D eigenvalue weighted by molar-refractivity contribution is 0.0908. The highest BCUT2D eigenvalue weighted by molar-refractivity contribution is 5.94. The van der Waals surface area contributed by atoms with Crippen molar-refractivity contribution >= 4 is 5.91 Å². The molecule has 1 aliphatic rings. The van der Waals surface area contributed by atoms with E-state index in [2.05, 4.69) is 21.3 Å². The van der Waals surface area contributed by atoms with Crippen LogP contribution in [0.3, 0.4) is 0 Å². The molecule has 1 saturated heterocycles. The molecule has 1 aromatic heterocycles. The summed E-state index contributed by atoms with van der Waals surface area (Å²) in [7, 11) is 1.64. The van der Waals surface area contributed by atoms with E-state index in [-0.39, 0.29) is 17.8 Å². The molecule has 1 N–H and O–H groups in total. The zero-order valence-corrected chi connectivity index (χ0v) is 19.6. The molecule has 2 aromatic carbocycles. The van der Waals surface area contributed by atoms with E-state index < -0.39 is 0 Å². The predicted octanol–water partition coefficient (Wildman–Crippen LogP) is 4.69. The molecular weight excluding hydrogens is 433 g/mol. The number of amides is 1. The lowest BCUT2D eigenvalue weighted by atomic mass is 10.0. The number of benzene rings is 2. The van der Waals surface area contributed by atoms with Crippen molar-refractivity contribution in [3.05, 3.63) is 77.7 Å². The highest BCUT2D eigenvalue weighted by Crippen LogP contribution is 2.29. The number of likely N-dealkylation sites (tertiary alicyclic amines) is 1. The maximum atomic E-state index is 13.4. The highest BCUT2D eigenvalue weighted by atomic mass is 19.1. The van der Waals surface area contributed by atoms with E-state index in [1.165, 1.54) is 17.7 Å². The molecule has 0 spiro atoms. The Labute approximate surface area is 199 Å². The Bertz CT molecular complexity index is 1110. The molecule has 0 radical (unpaired) electrons. The second-order valence-corrected chi connectivity index (χ2v) is 8.38. The number of hydrogen-bond donors (Lipinski definition) is 1. The Hall–Kier alpha value is -3.45. The molecular formula is C27H30FN3O3. The van der Waals surface area contributed by atoms with Gasteiger partial charge in [0.1, 0.15) is 5.82 Å². The molecule has 2 heterocycles. The third-order valence-corrected chi connectivity index (χ3v) is 6.00. The summed E-state index contributed by atoms with van der Waals surface area (Å²) in [6.45, 7) is 5.18. The van der Waals surface area contributed by atoms with Crippen LogP contribution in [0.2, 0.25) is 0 Å². The number of hydrogen-bond acceptors (Lipinski definition) is 5. The minimum atomic E-state index is -0.311. The largest absolute Gasteiger partial charge is 0.493 e. The minimum Gasteiger partial charge on any atom is -0.493 e. The standard InChI is InChI=1S/C27H30FN3O3/c1-3-34-26-15-19(7-10-25(26)33-2)18-31-13-11-23(12-14-31)30-27(32)21-8-9-24(29-17-21)20-5-4-6-22(28)16-20/h4-10,15-17,23H,3,11-14,18H2,1-2H3,(H,30,32). The molecule has 1 fully saturated rings. The summed E-state index contributed by atoms with van der Waals surface area (Å²) in [5.74, 6) is 1.06. The summed E-state index contributed by atoms with van der Waals surface area (Å²) in [5.41, 5.74) is 3.00. The van der Waals surface area contributed by atoms with Crippen LogP contribution >= 0.6 is 0 Å². The van der Waals surface area contributed by atoms with Gasteiger partial charge in [0.2, 0.25) is 0 Å². The van der Waals surface area contributed by atoms with Gasteiger partial charge in [0.15, 0.2) is 11.5 Å². The fraction of sp³-hybridized carbons (Fsp3) is 0.333. The zero-order chi connectivity index (χ0) is 23.9. The maximum absolute atomic E-state index is 13.4. The normalized spacial score (nSPS) is 14.6. The molecule has 0 aliphatic carbocycles. The summed E-state index contributed by atoms with van der Waals surface area (Å²) in [6, 6.07) is 15.9. The van der Waals surface area contributed by atoms with E-state index in [4.69, 9.17) is 9.47 Å². The Kier molecular flexibility index (Phi) is 7.75. The number of carbonyl (C=O) groups excluding carboxylic acids is 1. The first kappa shape index (κ1) is 23.7. The van der Waals surface area contributed by atoms with Gasteiger partial charge >= 0.3 is 0 Å². The van der Waals surface area contributed by atoms with Crippen LogP contribution in [-0.2, 0) is 6.54 Å². The van der Waals surface area contributed by atoms with Crippen molar-refractivity contribution in [3.8, 4) is 22.8 Å². The van der Waals surface area contributed by atoms with Crippen LogP contribution in [-0.4, -0.2) is 48.6 Å². The highest BCUT2D eigenvalue weighted by Gasteiger charge is 2.22. The van der Waals surface area contributed by atoms with Gasteiger partial charge in [0, 0.05) is 37.4 Å². The van der Waals surface area contributed by atoms with Gasteiger partial charge < -0.3 is 14.8 Å². The average Bonchev–Trinajstić information content (AvgIpc) is 2.86. The fourth-order valence-corrected chi connectivity index (χ4v) is 4.20. The Morgan fingerprint density at radius 1 is 1.12 bits per heavy atom. The predicted molar refractivity (Wildman–Crippen MR) is 130 cm³/mol. The van der Waals surface area contributed by atoms with Crippen molar-refractivity contribution in [2.24, 2.45) is 0 Å². The number of halogens is 1. The van der Waals surface area contributed by atoms with Gasteiger partial charge in [-0.15, -0.1) is 0 Å². The number of carbonyl (C=O) groups is 1. The van der Waals surface area contributed by atoms with Crippen LogP contribution in [0, 0.1) is 5.82 Å². The summed E-state index contributed by atoms with van der Waals surface area (Å²) < 4.78 is 24.5.